The van der Waals surface area contributed by atoms with Crippen LogP contribution in [0.25, 0.3) is 0 Å². The summed E-state index contributed by atoms with van der Waals surface area (Å²) in [4.78, 5) is 55.8. The van der Waals surface area contributed by atoms with Crippen molar-refractivity contribution in [3.8, 4) is 11.5 Å². The number of carbonyl (C=O) groups excluding carboxylic acids is 3. The molecule has 2 fully saturated rings. The summed E-state index contributed by atoms with van der Waals surface area (Å²) in [5, 5.41) is 9.68. The lowest BCUT2D eigenvalue weighted by Gasteiger charge is -2.39. The van der Waals surface area contributed by atoms with Crippen molar-refractivity contribution < 1.29 is 19.1 Å². The molecule has 11 heteroatoms. The molecule has 3 heterocycles. The lowest BCUT2D eigenvalue weighted by Crippen LogP contribution is -2.55. The van der Waals surface area contributed by atoms with Crippen molar-refractivity contribution in [1.82, 2.24) is 25.3 Å². The molecular weight excluding hydrogens is 570 g/mol. The molecule has 3 amide bonds. The van der Waals surface area contributed by atoms with Crippen molar-refractivity contribution in [2.24, 2.45) is 0 Å². The largest absolute Gasteiger partial charge is 0.451 e. The Morgan fingerprint density at radius 2 is 1.86 bits per heavy atom. The number of carbonyl (C=O) groups is 3. The molecule has 1 aromatic heterocycles. The predicted molar refractivity (Wildman–Crippen MR) is 162 cm³/mol. The first kappa shape index (κ1) is 30.3. The molecule has 2 aliphatic heterocycles. The quantitative estimate of drug-likeness (QED) is 0.384. The van der Waals surface area contributed by atoms with Gasteiger partial charge in [0, 0.05) is 35.7 Å². The number of nitrogens with zero attached hydrogens (tertiary/aromatic N) is 3. The van der Waals surface area contributed by atoms with E-state index in [1.165, 1.54) is 6.07 Å². The van der Waals surface area contributed by atoms with E-state index < -0.39 is 17.5 Å². The average Bonchev–Trinajstić information content (AvgIpc) is 3.61. The maximum absolute atomic E-state index is 14.1. The number of hydrogen-bond donors (Lipinski definition) is 2. The molecule has 0 radical (unpaired) electrons. The van der Waals surface area contributed by atoms with E-state index in [0.29, 0.717) is 40.6 Å². The highest BCUT2D eigenvalue weighted by atomic mass is 35.5. The van der Waals surface area contributed by atoms with Crippen LogP contribution in [0.5, 0.6) is 11.5 Å². The highest BCUT2D eigenvalue weighted by Crippen LogP contribution is 2.40. The summed E-state index contributed by atoms with van der Waals surface area (Å²) >= 11 is 6.31. The summed E-state index contributed by atoms with van der Waals surface area (Å²) in [7, 11) is 0. The van der Waals surface area contributed by atoms with Crippen LogP contribution < -0.4 is 15.6 Å². The van der Waals surface area contributed by atoms with Gasteiger partial charge in [0.1, 0.15) is 11.8 Å². The Hall–Kier alpha value is -4.18. The fourth-order valence-electron chi connectivity index (χ4n) is 6.12. The van der Waals surface area contributed by atoms with Crippen LogP contribution >= 0.6 is 11.6 Å². The number of likely N-dealkylation sites (tertiary alicyclic amines) is 2. The molecule has 3 aromatic rings. The van der Waals surface area contributed by atoms with Crippen LogP contribution in [0.4, 0.5) is 0 Å². The number of ether oxygens (including phenoxy) is 1. The number of H-pyrrole nitrogens is 1. The van der Waals surface area contributed by atoms with E-state index in [1.54, 1.807) is 45.0 Å². The third kappa shape index (κ3) is 6.44. The first-order valence-electron chi connectivity index (χ1n) is 14.6. The molecule has 2 N–H and O–H groups in total. The lowest BCUT2D eigenvalue weighted by atomic mass is 10.0. The molecule has 2 saturated heterocycles. The number of hydrogen-bond acceptors (Lipinski definition) is 6. The van der Waals surface area contributed by atoms with Crippen LogP contribution in [0.2, 0.25) is 5.02 Å². The first-order valence-corrected chi connectivity index (χ1v) is 14.9. The smallest absolute Gasteiger partial charge is 0.307 e. The van der Waals surface area contributed by atoms with Gasteiger partial charge in [-0.15, -0.1) is 0 Å². The molecule has 0 saturated carbocycles. The second kappa shape index (κ2) is 12.6. The number of rotatable bonds is 8. The number of amides is 3. The number of nitrogens with one attached hydrogen (secondary N) is 2. The molecule has 5 rings (SSSR count). The lowest BCUT2D eigenvalue weighted by molar-refractivity contribution is -0.140. The van der Waals surface area contributed by atoms with E-state index in [4.69, 9.17) is 16.3 Å². The monoisotopic (exact) mass is 605 g/mol. The zero-order valence-electron chi connectivity index (χ0n) is 24.7. The summed E-state index contributed by atoms with van der Waals surface area (Å²) in [5.74, 6) is 0.00549. The summed E-state index contributed by atoms with van der Waals surface area (Å²) in [5.41, 5.74) is 2.06. The standard InChI is InChI=1S/C32H36ClN5O5/c1-18-15-23(10-13-27(18)43-28-16-19(2)35-36-31(28)41)30(40)34-20(3)32(42)38-25(21(4)37-14-6-9-29(37)39)11-12-26(38)22-7-5-8-24(33)17-22/h5,7-8,10,13,15-17,20-21,25-26H,6,9,11-12,14H2,1-4H3,(H,34,40)(H,36,41)/t20?,21?,25-,26+/m1/s1. The van der Waals surface area contributed by atoms with Gasteiger partial charge in [-0.3, -0.25) is 19.2 Å². The van der Waals surface area contributed by atoms with Crippen molar-refractivity contribution in [3.63, 3.8) is 0 Å². The fourth-order valence-corrected chi connectivity index (χ4v) is 6.32. The molecule has 2 unspecified atom stereocenters. The van der Waals surface area contributed by atoms with Crippen molar-refractivity contribution >= 4 is 29.3 Å². The third-order valence-electron chi connectivity index (χ3n) is 8.35. The normalized spacial score (nSPS) is 19.8. The summed E-state index contributed by atoms with van der Waals surface area (Å²) < 4.78 is 5.77. The molecule has 0 spiro atoms. The van der Waals surface area contributed by atoms with E-state index in [9.17, 15) is 19.2 Å². The fraction of sp³-hybridized carbons (Fsp3) is 0.406. The maximum atomic E-state index is 14.1. The van der Waals surface area contributed by atoms with Gasteiger partial charge in [0.05, 0.1) is 17.8 Å². The third-order valence-corrected chi connectivity index (χ3v) is 8.58. The average molecular weight is 606 g/mol. The molecule has 2 aliphatic rings. The molecular formula is C32H36ClN5O5. The topological polar surface area (TPSA) is 125 Å². The number of benzene rings is 2. The van der Waals surface area contributed by atoms with Crippen LogP contribution in [-0.4, -0.2) is 62.4 Å². The molecule has 4 atom stereocenters. The van der Waals surface area contributed by atoms with Crippen molar-refractivity contribution in [2.75, 3.05) is 6.54 Å². The van der Waals surface area contributed by atoms with Gasteiger partial charge >= 0.3 is 5.56 Å². The highest BCUT2D eigenvalue weighted by Gasteiger charge is 2.44. The van der Waals surface area contributed by atoms with Crippen LogP contribution in [0, 0.1) is 13.8 Å². The Balaban J connectivity index is 1.34. The van der Waals surface area contributed by atoms with Crippen LogP contribution in [-0.2, 0) is 9.59 Å². The Labute approximate surface area is 255 Å². The highest BCUT2D eigenvalue weighted by molar-refractivity contribution is 6.30. The van der Waals surface area contributed by atoms with Crippen molar-refractivity contribution in [3.05, 3.63) is 86.3 Å². The van der Waals surface area contributed by atoms with E-state index >= 15 is 0 Å². The second-order valence-corrected chi connectivity index (χ2v) is 11.8. The minimum absolute atomic E-state index is 0.103. The minimum Gasteiger partial charge on any atom is -0.451 e. The molecule has 226 valence electrons. The molecule has 43 heavy (non-hydrogen) atoms. The van der Waals surface area contributed by atoms with Gasteiger partial charge in [-0.1, -0.05) is 23.7 Å². The van der Waals surface area contributed by atoms with E-state index in [1.807, 2.05) is 34.9 Å². The number of aromatic amines is 1. The first-order chi connectivity index (χ1) is 20.5. The molecule has 0 aliphatic carbocycles. The van der Waals surface area contributed by atoms with Crippen molar-refractivity contribution in [2.45, 2.75) is 77.5 Å². The van der Waals surface area contributed by atoms with Gasteiger partial charge in [0.25, 0.3) is 5.91 Å². The minimum atomic E-state index is -0.828. The Bertz CT molecular complexity index is 1610. The van der Waals surface area contributed by atoms with Gasteiger partial charge in [-0.25, -0.2) is 5.10 Å². The Kier molecular flexibility index (Phi) is 8.87. The second-order valence-electron chi connectivity index (χ2n) is 11.4. The number of aromatic nitrogens is 2. The van der Waals surface area contributed by atoms with Crippen LogP contribution in [0.3, 0.4) is 0 Å². The van der Waals surface area contributed by atoms with Gasteiger partial charge in [0.2, 0.25) is 11.8 Å². The van der Waals surface area contributed by atoms with E-state index in [-0.39, 0.29) is 35.7 Å². The van der Waals surface area contributed by atoms with Crippen molar-refractivity contribution in [1.29, 1.82) is 0 Å². The SMILES string of the molecule is Cc1cc(Oc2ccc(C(=O)NC(C)C(=O)N3[C@@H](C(C)N4CCCC4=O)CC[C@H]3c3cccc(Cl)c3)cc2C)c(=O)[nH]n1. The summed E-state index contributed by atoms with van der Waals surface area (Å²) in [6, 6.07) is 12.5. The summed E-state index contributed by atoms with van der Waals surface area (Å²) in [6.45, 7) is 7.87. The predicted octanol–water partition coefficient (Wildman–Crippen LogP) is 4.69. The molecule has 2 aromatic carbocycles. The van der Waals surface area contributed by atoms with Crippen LogP contribution in [0.1, 0.15) is 72.8 Å². The molecule has 0 bridgehead atoms. The molecule has 10 nitrogen and oxygen atoms in total. The van der Waals surface area contributed by atoms with Gasteiger partial charge in [-0.2, -0.15) is 5.10 Å². The van der Waals surface area contributed by atoms with E-state index in [2.05, 4.69) is 15.5 Å². The Morgan fingerprint density at radius 1 is 1.07 bits per heavy atom. The number of aryl methyl sites for hydroxylation is 2. The van der Waals surface area contributed by atoms with Gasteiger partial charge < -0.3 is 19.9 Å². The van der Waals surface area contributed by atoms with Gasteiger partial charge in [-0.05, 0) is 88.4 Å². The number of halogens is 1. The summed E-state index contributed by atoms with van der Waals surface area (Å²) in [6.07, 6.45) is 2.80. The van der Waals surface area contributed by atoms with E-state index in [0.717, 1.165) is 24.8 Å². The zero-order valence-corrected chi connectivity index (χ0v) is 25.5. The zero-order chi connectivity index (χ0) is 30.8. The van der Waals surface area contributed by atoms with Gasteiger partial charge in [0.15, 0.2) is 5.75 Å². The maximum Gasteiger partial charge on any atom is 0.307 e. The Morgan fingerprint density at radius 3 is 2.56 bits per heavy atom. The van der Waals surface area contributed by atoms with Crippen LogP contribution in [0.15, 0.2) is 53.3 Å².